The highest BCUT2D eigenvalue weighted by molar-refractivity contribution is 7.90. The zero-order chi connectivity index (χ0) is 17.0. The van der Waals surface area contributed by atoms with E-state index in [2.05, 4.69) is 5.32 Å². The van der Waals surface area contributed by atoms with Crippen molar-refractivity contribution in [2.24, 2.45) is 0 Å². The number of rotatable bonds is 6. The number of aryl methyl sites for hydroxylation is 1. The van der Waals surface area contributed by atoms with Gasteiger partial charge in [-0.3, -0.25) is 0 Å². The van der Waals surface area contributed by atoms with Crippen molar-refractivity contribution >= 4 is 15.5 Å². The van der Waals surface area contributed by atoms with Gasteiger partial charge in [-0.25, -0.2) is 17.2 Å². The molecule has 0 bridgehead atoms. The lowest BCUT2D eigenvalue weighted by atomic mass is 10.1. The zero-order valence-electron chi connectivity index (χ0n) is 13.0. The molecule has 0 saturated heterocycles. The first-order valence-corrected chi connectivity index (χ1v) is 9.29. The van der Waals surface area contributed by atoms with E-state index in [9.17, 15) is 17.2 Å². The number of benzene rings is 2. The van der Waals surface area contributed by atoms with Crippen molar-refractivity contribution in [3.8, 4) is 0 Å². The molecule has 0 aliphatic carbocycles. The molecular weight excluding hydrogens is 320 g/mol. The average molecular weight is 339 g/mol. The number of halogens is 2. The van der Waals surface area contributed by atoms with Crippen molar-refractivity contribution < 1.29 is 17.2 Å². The van der Waals surface area contributed by atoms with Gasteiger partial charge in [0.25, 0.3) is 0 Å². The molecular formula is C17H19F2NO2S. The summed E-state index contributed by atoms with van der Waals surface area (Å²) in [6, 6.07) is 10.2. The second kappa shape index (κ2) is 7.08. The van der Waals surface area contributed by atoms with Crippen molar-refractivity contribution in [1.29, 1.82) is 0 Å². The van der Waals surface area contributed by atoms with Crippen LogP contribution in [-0.4, -0.2) is 20.4 Å². The number of hydrogen-bond donors (Lipinski definition) is 1. The molecule has 6 heteroatoms. The average Bonchev–Trinajstić information content (AvgIpc) is 2.48. The van der Waals surface area contributed by atoms with Crippen molar-refractivity contribution in [2.45, 2.75) is 19.4 Å². The van der Waals surface area contributed by atoms with Crippen molar-refractivity contribution in [2.75, 3.05) is 17.3 Å². The molecule has 1 N–H and O–H groups in total. The lowest BCUT2D eigenvalue weighted by Crippen LogP contribution is -2.09. The highest BCUT2D eigenvalue weighted by Crippen LogP contribution is 2.23. The smallest absolute Gasteiger partial charge is 0.147 e. The Hall–Kier alpha value is -1.95. The van der Waals surface area contributed by atoms with Crippen molar-refractivity contribution in [3.63, 3.8) is 0 Å². The van der Waals surface area contributed by atoms with Gasteiger partial charge >= 0.3 is 0 Å². The summed E-state index contributed by atoms with van der Waals surface area (Å²) in [4.78, 5) is 0. The van der Waals surface area contributed by atoms with E-state index >= 15 is 0 Å². The van der Waals surface area contributed by atoms with Gasteiger partial charge in [0, 0.05) is 17.5 Å². The molecule has 124 valence electrons. The maximum Gasteiger partial charge on any atom is 0.147 e. The molecule has 2 aromatic carbocycles. The molecule has 0 heterocycles. The quantitative estimate of drug-likeness (QED) is 0.872. The Balaban J connectivity index is 2.04. The van der Waals surface area contributed by atoms with Gasteiger partial charge in [0.1, 0.15) is 21.5 Å². The van der Waals surface area contributed by atoms with Crippen LogP contribution in [-0.2, 0) is 16.3 Å². The van der Waals surface area contributed by atoms with Crippen LogP contribution in [0.1, 0.15) is 24.1 Å². The molecule has 0 unspecified atom stereocenters. The lowest BCUT2D eigenvalue weighted by Gasteiger charge is -2.17. The molecule has 0 aliphatic heterocycles. The van der Waals surface area contributed by atoms with Crippen LogP contribution in [0.5, 0.6) is 0 Å². The maximum atomic E-state index is 13.7. The third-order valence-electron chi connectivity index (χ3n) is 3.52. The van der Waals surface area contributed by atoms with Gasteiger partial charge in [-0.05, 0) is 49.2 Å². The Morgan fingerprint density at radius 1 is 1.09 bits per heavy atom. The number of hydrogen-bond acceptors (Lipinski definition) is 3. The predicted molar refractivity (Wildman–Crippen MR) is 88.3 cm³/mol. The number of sulfone groups is 1. The number of anilines is 1. The third-order valence-corrected chi connectivity index (χ3v) is 4.47. The molecule has 0 saturated carbocycles. The maximum absolute atomic E-state index is 13.7. The summed E-state index contributed by atoms with van der Waals surface area (Å²) in [6.07, 6.45) is 1.66. The summed E-state index contributed by atoms with van der Waals surface area (Å²) < 4.78 is 49.3. The van der Waals surface area contributed by atoms with Crippen LogP contribution in [0.3, 0.4) is 0 Å². The standard InChI is InChI=1S/C17H19F2NO2S/c1-12(16-11-14(18)5-8-17(16)19)20-15-6-3-13(4-7-15)9-10-23(2,21)22/h3-8,11-12,20H,9-10H2,1-2H3/t12-/m1/s1. The summed E-state index contributed by atoms with van der Waals surface area (Å²) in [7, 11) is -2.99. The Morgan fingerprint density at radius 3 is 2.35 bits per heavy atom. The topological polar surface area (TPSA) is 46.2 Å². The second-order valence-electron chi connectivity index (χ2n) is 5.61. The first-order chi connectivity index (χ1) is 10.7. The highest BCUT2D eigenvalue weighted by Gasteiger charge is 2.12. The van der Waals surface area contributed by atoms with Crippen molar-refractivity contribution in [1.82, 2.24) is 0 Å². The predicted octanol–water partition coefficient (Wildman–Crippen LogP) is 3.73. The van der Waals surface area contributed by atoms with Crippen LogP contribution in [0, 0.1) is 11.6 Å². The fourth-order valence-electron chi connectivity index (χ4n) is 2.25. The van der Waals surface area contributed by atoms with Gasteiger partial charge in [0.2, 0.25) is 0 Å². The summed E-state index contributed by atoms with van der Waals surface area (Å²) in [5, 5.41) is 3.10. The molecule has 0 radical (unpaired) electrons. The van der Waals surface area contributed by atoms with E-state index in [4.69, 9.17) is 0 Å². The minimum absolute atomic E-state index is 0.102. The Morgan fingerprint density at radius 2 is 1.74 bits per heavy atom. The molecule has 0 spiro atoms. The molecule has 0 aliphatic rings. The van der Waals surface area contributed by atoms with E-state index in [1.54, 1.807) is 19.1 Å². The summed E-state index contributed by atoms with van der Waals surface area (Å²) in [5.74, 6) is -0.840. The van der Waals surface area contributed by atoms with Gasteiger partial charge in [-0.2, -0.15) is 0 Å². The molecule has 2 rings (SSSR count). The van der Waals surface area contributed by atoms with E-state index in [0.717, 1.165) is 23.4 Å². The Kier molecular flexibility index (Phi) is 5.36. The van der Waals surface area contributed by atoms with Crippen LogP contribution in [0.25, 0.3) is 0 Å². The van der Waals surface area contributed by atoms with E-state index in [-0.39, 0.29) is 11.3 Å². The van der Waals surface area contributed by atoms with E-state index in [1.807, 2.05) is 12.1 Å². The summed E-state index contributed by atoms with van der Waals surface area (Å²) >= 11 is 0. The zero-order valence-corrected chi connectivity index (χ0v) is 13.8. The molecule has 1 atom stereocenters. The molecule has 0 aromatic heterocycles. The van der Waals surface area contributed by atoms with Crippen LogP contribution in [0.4, 0.5) is 14.5 Å². The van der Waals surface area contributed by atoms with Crippen molar-refractivity contribution in [3.05, 3.63) is 65.2 Å². The SMILES string of the molecule is C[C@@H](Nc1ccc(CCS(C)(=O)=O)cc1)c1cc(F)ccc1F. The van der Waals surface area contributed by atoms with Crippen LogP contribution >= 0.6 is 0 Å². The third kappa shape index (κ3) is 5.32. The molecule has 23 heavy (non-hydrogen) atoms. The molecule has 3 nitrogen and oxygen atoms in total. The minimum atomic E-state index is -2.99. The minimum Gasteiger partial charge on any atom is -0.378 e. The van der Waals surface area contributed by atoms with Gasteiger partial charge < -0.3 is 5.32 Å². The largest absolute Gasteiger partial charge is 0.378 e. The fraction of sp³-hybridized carbons (Fsp3) is 0.294. The fourth-order valence-corrected chi connectivity index (χ4v) is 2.85. The summed E-state index contributed by atoms with van der Waals surface area (Å²) in [5.41, 5.74) is 1.92. The molecule has 0 amide bonds. The van der Waals surface area contributed by atoms with Gasteiger partial charge in [0.05, 0.1) is 11.8 Å². The van der Waals surface area contributed by atoms with E-state index in [0.29, 0.717) is 6.42 Å². The number of nitrogens with one attached hydrogen (secondary N) is 1. The highest BCUT2D eigenvalue weighted by atomic mass is 32.2. The normalized spacial score (nSPS) is 12.9. The first kappa shape index (κ1) is 17.4. The summed E-state index contributed by atoms with van der Waals surface area (Å²) in [6.45, 7) is 1.75. The van der Waals surface area contributed by atoms with Crippen LogP contribution < -0.4 is 5.32 Å². The van der Waals surface area contributed by atoms with Crippen LogP contribution in [0.2, 0.25) is 0 Å². The Labute approximate surface area is 135 Å². The van der Waals surface area contributed by atoms with Gasteiger partial charge in [-0.1, -0.05) is 12.1 Å². The second-order valence-corrected chi connectivity index (χ2v) is 7.87. The lowest BCUT2D eigenvalue weighted by molar-refractivity contribution is 0.577. The molecule has 2 aromatic rings. The van der Waals surface area contributed by atoms with E-state index < -0.39 is 27.5 Å². The Bertz CT molecular complexity index is 774. The van der Waals surface area contributed by atoms with Gasteiger partial charge in [0.15, 0.2) is 0 Å². The van der Waals surface area contributed by atoms with E-state index in [1.165, 1.54) is 12.3 Å². The first-order valence-electron chi connectivity index (χ1n) is 7.23. The molecule has 0 fully saturated rings. The monoisotopic (exact) mass is 339 g/mol. The van der Waals surface area contributed by atoms with Gasteiger partial charge in [-0.15, -0.1) is 0 Å². The van der Waals surface area contributed by atoms with Crippen LogP contribution in [0.15, 0.2) is 42.5 Å².